The summed E-state index contributed by atoms with van der Waals surface area (Å²) < 4.78 is 15.3. The number of nitrogens with zero attached hydrogens (tertiary/aromatic N) is 2. The minimum Gasteiger partial charge on any atom is -0.493 e. The molecule has 0 atom stereocenters. The standard InChI is InChI=1S/C13H20N2O6/c1-19-7-5-14(4-6-16)10-8-12(20-2)13(21-3)9-11(10)15(17)18/h8-9,16H,4-7H2,1-3H3. The second-order valence-electron chi connectivity index (χ2n) is 4.16. The third-order valence-electron chi connectivity index (χ3n) is 2.95. The van der Waals surface area contributed by atoms with Crippen LogP contribution in [-0.2, 0) is 4.74 Å². The minimum atomic E-state index is -0.492. The normalized spacial score (nSPS) is 10.3. The summed E-state index contributed by atoms with van der Waals surface area (Å²) in [6.07, 6.45) is 0. The van der Waals surface area contributed by atoms with Crippen LogP contribution >= 0.6 is 0 Å². The number of benzene rings is 1. The van der Waals surface area contributed by atoms with Crippen LogP contribution in [0, 0.1) is 10.1 Å². The first-order valence-electron chi connectivity index (χ1n) is 6.34. The predicted molar refractivity (Wildman–Crippen MR) is 77.4 cm³/mol. The van der Waals surface area contributed by atoms with Gasteiger partial charge in [0.2, 0.25) is 0 Å². The maximum atomic E-state index is 11.3. The van der Waals surface area contributed by atoms with Crippen molar-refractivity contribution < 1.29 is 24.2 Å². The van der Waals surface area contributed by atoms with Crippen LogP contribution in [0.3, 0.4) is 0 Å². The van der Waals surface area contributed by atoms with Gasteiger partial charge in [0.05, 0.1) is 38.4 Å². The summed E-state index contributed by atoms with van der Waals surface area (Å²) >= 11 is 0. The molecule has 0 spiro atoms. The number of methoxy groups -OCH3 is 3. The van der Waals surface area contributed by atoms with E-state index in [1.165, 1.54) is 26.4 Å². The maximum absolute atomic E-state index is 11.3. The zero-order valence-electron chi connectivity index (χ0n) is 12.4. The number of rotatable bonds is 9. The van der Waals surface area contributed by atoms with Crippen LogP contribution < -0.4 is 14.4 Å². The van der Waals surface area contributed by atoms with Crippen molar-refractivity contribution in [3.8, 4) is 11.5 Å². The molecule has 0 aliphatic carbocycles. The first-order valence-corrected chi connectivity index (χ1v) is 6.34. The topological polar surface area (TPSA) is 94.3 Å². The van der Waals surface area contributed by atoms with E-state index < -0.39 is 4.92 Å². The molecule has 8 nitrogen and oxygen atoms in total. The Hall–Kier alpha value is -2.06. The quantitative estimate of drug-likeness (QED) is 0.538. The van der Waals surface area contributed by atoms with Gasteiger partial charge in [-0.25, -0.2) is 0 Å². The fourth-order valence-electron chi connectivity index (χ4n) is 1.93. The average Bonchev–Trinajstić information content (AvgIpc) is 2.49. The molecule has 0 amide bonds. The van der Waals surface area contributed by atoms with E-state index in [-0.39, 0.29) is 24.6 Å². The number of ether oxygens (including phenoxy) is 3. The molecule has 1 aromatic rings. The summed E-state index contributed by atoms with van der Waals surface area (Å²) in [5.74, 6) is 0.669. The third kappa shape index (κ3) is 4.20. The molecule has 1 N–H and O–H groups in total. The van der Waals surface area contributed by atoms with Gasteiger partial charge in [-0.05, 0) is 0 Å². The molecule has 1 aromatic carbocycles. The zero-order valence-corrected chi connectivity index (χ0v) is 12.4. The Morgan fingerprint density at radius 1 is 1.19 bits per heavy atom. The van der Waals surface area contributed by atoms with Gasteiger partial charge in [0, 0.05) is 26.3 Å². The lowest BCUT2D eigenvalue weighted by Crippen LogP contribution is -2.30. The fraction of sp³-hybridized carbons (Fsp3) is 0.538. The Morgan fingerprint density at radius 2 is 1.81 bits per heavy atom. The second kappa shape index (κ2) is 8.28. The van der Waals surface area contributed by atoms with E-state index in [0.717, 1.165) is 0 Å². The summed E-state index contributed by atoms with van der Waals surface area (Å²) in [7, 11) is 4.41. The Kier molecular flexibility index (Phi) is 6.70. The lowest BCUT2D eigenvalue weighted by molar-refractivity contribution is -0.384. The molecule has 0 unspecified atom stereocenters. The van der Waals surface area contributed by atoms with Crippen LogP contribution in [0.5, 0.6) is 11.5 Å². The van der Waals surface area contributed by atoms with E-state index in [2.05, 4.69) is 0 Å². The predicted octanol–water partition coefficient (Wildman–Crippen LogP) is 1.06. The number of aliphatic hydroxyl groups is 1. The molecule has 8 heteroatoms. The van der Waals surface area contributed by atoms with Gasteiger partial charge < -0.3 is 24.2 Å². The molecule has 0 heterocycles. The number of hydrogen-bond acceptors (Lipinski definition) is 7. The van der Waals surface area contributed by atoms with Gasteiger partial charge in [0.25, 0.3) is 5.69 Å². The Labute approximate surface area is 123 Å². The average molecular weight is 300 g/mol. The molecule has 0 aliphatic rings. The number of hydrogen-bond donors (Lipinski definition) is 1. The van der Waals surface area contributed by atoms with Crippen molar-refractivity contribution in [3.05, 3.63) is 22.2 Å². The summed E-state index contributed by atoms with van der Waals surface area (Å²) in [6, 6.07) is 2.84. The number of nitro benzene ring substituents is 1. The van der Waals surface area contributed by atoms with Crippen LogP contribution in [0.4, 0.5) is 11.4 Å². The Bertz CT molecular complexity index is 480. The lowest BCUT2D eigenvalue weighted by atomic mass is 10.2. The van der Waals surface area contributed by atoms with Crippen molar-refractivity contribution in [2.24, 2.45) is 0 Å². The van der Waals surface area contributed by atoms with Crippen molar-refractivity contribution >= 4 is 11.4 Å². The third-order valence-corrected chi connectivity index (χ3v) is 2.95. The van der Waals surface area contributed by atoms with Gasteiger partial charge in [-0.3, -0.25) is 10.1 Å². The van der Waals surface area contributed by atoms with Gasteiger partial charge in [-0.2, -0.15) is 0 Å². The van der Waals surface area contributed by atoms with Gasteiger partial charge >= 0.3 is 0 Å². The van der Waals surface area contributed by atoms with Crippen LogP contribution in [0.2, 0.25) is 0 Å². The number of nitro groups is 1. The van der Waals surface area contributed by atoms with Crippen LogP contribution in [-0.4, -0.2) is 57.7 Å². The van der Waals surface area contributed by atoms with Gasteiger partial charge in [0.1, 0.15) is 5.69 Å². The van der Waals surface area contributed by atoms with E-state index in [1.807, 2.05) is 0 Å². The molecule has 0 aliphatic heterocycles. The molecule has 21 heavy (non-hydrogen) atoms. The van der Waals surface area contributed by atoms with Crippen molar-refractivity contribution in [2.75, 3.05) is 52.5 Å². The number of aliphatic hydroxyl groups excluding tert-OH is 1. The molecule has 0 bridgehead atoms. The molecule has 0 fully saturated rings. The van der Waals surface area contributed by atoms with E-state index in [9.17, 15) is 10.1 Å². The molecular formula is C13H20N2O6. The maximum Gasteiger partial charge on any atom is 0.296 e. The lowest BCUT2D eigenvalue weighted by Gasteiger charge is -2.24. The first kappa shape index (κ1) is 17.0. The summed E-state index contributed by atoms with van der Waals surface area (Å²) in [5.41, 5.74) is 0.237. The Morgan fingerprint density at radius 3 is 2.29 bits per heavy atom. The van der Waals surface area contributed by atoms with Crippen LogP contribution in [0.15, 0.2) is 12.1 Å². The number of anilines is 1. The van der Waals surface area contributed by atoms with Gasteiger partial charge in [-0.1, -0.05) is 0 Å². The zero-order chi connectivity index (χ0) is 15.8. The summed E-state index contributed by atoms with van der Waals surface area (Å²) in [4.78, 5) is 12.4. The highest BCUT2D eigenvalue weighted by atomic mass is 16.6. The van der Waals surface area contributed by atoms with E-state index in [1.54, 1.807) is 12.0 Å². The fourth-order valence-corrected chi connectivity index (χ4v) is 1.93. The van der Waals surface area contributed by atoms with E-state index in [0.29, 0.717) is 24.6 Å². The first-order chi connectivity index (χ1) is 10.1. The summed E-state index contributed by atoms with van der Waals surface area (Å²) in [6.45, 7) is 0.910. The molecule has 0 saturated heterocycles. The van der Waals surface area contributed by atoms with Gasteiger partial charge in [-0.15, -0.1) is 0 Å². The van der Waals surface area contributed by atoms with Crippen LogP contribution in [0.25, 0.3) is 0 Å². The van der Waals surface area contributed by atoms with Crippen molar-refractivity contribution in [1.82, 2.24) is 0 Å². The van der Waals surface area contributed by atoms with E-state index >= 15 is 0 Å². The molecule has 118 valence electrons. The molecule has 0 aromatic heterocycles. The second-order valence-corrected chi connectivity index (χ2v) is 4.16. The molecule has 0 radical (unpaired) electrons. The molecule has 1 rings (SSSR count). The molecule has 0 saturated carbocycles. The Balaban J connectivity index is 3.30. The van der Waals surface area contributed by atoms with Crippen LogP contribution in [0.1, 0.15) is 0 Å². The summed E-state index contributed by atoms with van der Waals surface area (Å²) in [5, 5.41) is 20.4. The van der Waals surface area contributed by atoms with Crippen molar-refractivity contribution in [1.29, 1.82) is 0 Å². The highest BCUT2D eigenvalue weighted by Crippen LogP contribution is 2.39. The van der Waals surface area contributed by atoms with E-state index in [4.69, 9.17) is 19.3 Å². The monoisotopic (exact) mass is 300 g/mol. The van der Waals surface area contributed by atoms with Crippen molar-refractivity contribution in [3.63, 3.8) is 0 Å². The highest BCUT2D eigenvalue weighted by molar-refractivity contribution is 5.69. The SMILES string of the molecule is COCCN(CCO)c1cc(OC)c(OC)cc1[N+](=O)[O-]. The highest BCUT2D eigenvalue weighted by Gasteiger charge is 2.23. The van der Waals surface area contributed by atoms with Gasteiger partial charge in [0.15, 0.2) is 11.5 Å². The largest absolute Gasteiger partial charge is 0.493 e. The molecular weight excluding hydrogens is 280 g/mol. The minimum absolute atomic E-state index is 0.114. The smallest absolute Gasteiger partial charge is 0.296 e. The van der Waals surface area contributed by atoms with Crippen molar-refractivity contribution in [2.45, 2.75) is 0 Å².